The monoisotopic (exact) mass is 301 g/mol. The van der Waals surface area contributed by atoms with Crippen LogP contribution in [0.4, 0.5) is 5.69 Å². The van der Waals surface area contributed by atoms with Gasteiger partial charge in [-0.15, -0.1) is 0 Å². The first-order valence-electron chi connectivity index (χ1n) is 5.36. The van der Waals surface area contributed by atoms with Crippen LogP contribution in [-0.4, -0.2) is 37.9 Å². The Morgan fingerprint density at radius 2 is 2.18 bits per heavy atom. The van der Waals surface area contributed by atoms with Crippen LogP contribution in [0.25, 0.3) is 0 Å². The van der Waals surface area contributed by atoms with Crippen molar-refractivity contribution in [2.45, 2.75) is 6.92 Å². The van der Waals surface area contributed by atoms with E-state index in [0.29, 0.717) is 6.61 Å². The predicted octanol–water partition coefficient (Wildman–Crippen LogP) is 2.62. The number of carbonyl (C=O) groups is 1. The maximum absolute atomic E-state index is 11.0. The molecule has 4 nitrogen and oxygen atoms in total. The smallest absolute Gasteiger partial charge is 0.335 e. The summed E-state index contributed by atoms with van der Waals surface area (Å²) in [6.07, 6.45) is 0. The normalized spacial score (nSPS) is 10.3. The zero-order valence-corrected chi connectivity index (χ0v) is 11.5. The van der Waals surface area contributed by atoms with Gasteiger partial charge in [-0.3, -0.25) is 0 Å². The molecule has 0 saturated heterocycles. The molecule has 0 heterocycles. The van der Waals surface area contributed by atoms with E-state index in [4.69, 9.17) is 9.84 Å². The highest BCUT2D eigenvalue weighted by Crippen LogP contribution is 2.23. The minimum Gasteiger partial charge on any atom is -0.478 e. The van der Waals surface area contributed by atoms with Gasteiger partial charge in [-0.1, -0.05) is 15.9 Å². The Morgan fingerprint density at radius 3 is 2.71 bits per heavy atom. The van der Waals surface area contributed by atoms with Crippen LogP contribution in [-0.2, 0) is 4.74 Å². The molecule has 0 aliphatic carbocycles. The molecule has 0 saturated carbocycles. The molecule has 17 heavy (non-hydrogen) atoms. The second-order valence-corrected chi connectivity index (χ2v) is 4.49. The number of ether oxygens (including phenoxy) is 1. The maximum atomic E-state index is 11.0. The van der Waals surface area contributed by atoms with Crippen LogP contribution in [0.3, 0.4) is 0 Å². The summed E-state index contributed by atoms with van der Waals surface area (Å²) in [6.45, 7) is 4.18. The summed E-state index contributed by atoms with van der Waals surface area (Å²) >= 11 is 3.33. The summed E-state index contributed by atoms with van der Waals surface area (Å²) in [5.74, 6) is -0.921. The molecule has 0 amide bonds. The second-order valence-electron chi connectivity index (χ2n) is 3.58. The molecule has 94 valence electrons. The quantitative estimate of drug-likeness (QED) is 0.877. The summed E-state index contributed by atoms with van der Waals surface area (Å²) in [6, 6.07) is 5.17. The molecule has 0 aliphatic rings. The minimum atomic E-state index is -0.921. The number of rotatable bonds is 6. The molecule has 0 aliphatic heterocycles. The van der Waals surface area contributed by atoms with E-state index in [1.165, 1.54) is 0 Å². The first kappa shape index (κ1) is 14.0. The number of hydrogen-bond donors (Lipinski definition) is 1. The van der Waals surface area contributed by atoms with Gasteiger partial charge in [-0.25, -0.2) is 4.79 Å². The SMILES string of the molecule is CCN(CCOC)c1cc(Br)cc(C(=O)O)c1. The fourth-order valence-electron chi connectivity index (χ4n) is 1.55. The lowest BCUT2D eigenvalue weighted by atomic mass is 10.2. The lowest BCUT2D eigenvalue weighted by Gasteiger charge is -2.23. The number of methoxy groups -OCH3 is 1. The van der Waals surface area contributed by atoms with E-state index in [1.807, 2.05) is 13.0 Å². The molecule has 1 aromatic carbocycles. The molecule has 0 unspecified atom stereocenters. The molecular formula is C12H16BrNO3. The third-order valence-corrected chi connectivity index (χ3v) is 2.90. The van der Waals surface area contributed by atoms with Crippen LogP contribution in [0, 0.1) is 0 Å². The average molecular weight is 302 g/mol. The zero-order chi connectivity index (χ0) is 12.8. The van der Waals surface area contributed by atoms with Crippen molar-refractivity contribution in [1.82, 2.24) is 0 Å². The van der Waals surface area contributed by atoms with Gasteiger partial charge in [0.05, 0.1) is 12.2 Å². The summed E-state index contributed by atoms with van der Waals surface area (Å²) in [5, 5.41) is 9.00. The van der Waals surface area contributed by atoms with E-state index in [-0.39, 0.29) is 5.56 Å². The molecule has 1 N–H and O–H groups in total. The largest absolute Gasteiger partial charge is 0.478 e. The number of carboxylic acid groups (broad SMARTS) is 1. The molecule has 1 rings (SSSR count). The number of benzene rings is 1. The predicted molar refractivity (Wildman–Crippen MR) is 70.9 cm³/mol. The van der Waals surface area contributed by atoms with Crippen molar-refractivity contribution in [2.24, 2.45) is 0 Å². The van der Waals surface area contributed by atoms with E-state index in [9.17, 15) is 4.79 Å². The number of halogens is 1. The highest BCUT2D eigenvalue weighted by molar-refractivity contribution is 9.10. The molecule has 0 fully saturated rings. The minimum absolute atomic E-state index is 0.283. The topological polar surface area (TPSA) is 49.8 Å². The number of anilines is 1. The second kappa shape index (κ2) is 6.61. The molecule has 0 aromatic heterocycles. The van der Waals surface area contributed by atoms with Gasteiger partial charge in [0.2, 0.25) is 0 Å². The molecule has 0 atom stereocenters. The van der Waals surface area contributed by atoms with Crippen LogP contribution < -0.4 is 4.90 Å². The van der Waals surface area contributed by atoms with Gasteiger partial charge >= 0.3 is 5.97 Å². The van der Waals surface area contributed by atoms with E-state index in [0.717, 1.165) is 23.2 Å². The molecule has 1 aromatic rings. The number of nitrogens with zero attached hydrogens (tertiary/aromatic N) is 1. The van der Waals surface area contributed by atoms with E-state index >= 15 is 0 Å². The number of carboxylic acids is 1. The molecule has 0 radical (unpaired) electrons. The highest BCUT2D eigenvalue weighted by atomic mass is 79.9. The molecular weight excluding hydrogens is 286 g/mol. The van der Waals surface area contributed by atoms with Crippen molar-refractivity contribution in [3.05, 3.63) is 28.2 Å². The molecule has 5 heteroatoms. The van der Waals surface area contributed by atoms with Crippen LogP contribution in [0.15, 0.2) is 22.7 Å². The van der Waals surface area contributed by atoms with Crippen molar-refractivity contribution in [3.8, 4) is 0 Å². The summed E-state index contributed by atoms with van der Waals surface area (Å²) in [7, 11) is 1.65. The first-order valence-corrected chi connectivity index (χ1v) is 6.15. The summed E-state index contributed by atoms with van der Waals surface area (Å²) < 4.78 is 5.80. The lowest BCUT2D eigenvalue weighted by Crippen LogP contribution is -2.27. The Bertz CT molecular complexity index is 395. The highest BCUT2D eigenvalue weighted by Gasteiger charge is 2.10. The summed E-state index contributed by atoms with van der Waals surface area (Å²) in [5.41, 5.74) is 1.17. The molecule has 0 spiro atoms. The van der Waals surface area contributed by atoms with Gasteiger partial charge in [0.15, 0.2) is 0 Å². The van der Waals surface area contributed by atoms with Gasteiger partial charge in [0, 0.05) is 30.4 Å². The molecule has 0 bridgehead atoms. The first-order chi connectivity index (χ1) is 8.08. The lowest BCUT2D eigenvalue weighted by molar-refractivity contribution is 0.0697. The Kier molecular flexibility index (Phi) is 5.44. The van der Waals surface area contributed by atoms with Gasteiger partial charge in [0.25, 0.3) is 0 Å². The van der Waals surface area contributed by atoms with Gasteiger partial charge in [-0.05, 0) is 25.1 Å². The third-order valence-electron chi connectivity index (χ3n) is 2.44. The average Bonchev–Trinajstić information content (AvgIpc) is 2.29. The van der Waals surface area contributed by atoms with E-state index in [2.05, 4.69) is 20.8 Å². The van der Waals surface area contributed by atoms with Gasteiger partial charge in [-0.2, -0.15) is 0 Å². The van der Waals surface area contributed by atoms with Gasteiger partial charge in [0.1, 0.15) is 0 Å². The fourth-order valence-corrected chi connectivity index (χ4v) is 2.03. The fraction of sp³-hybridized carbons (Fsp3) is 0.417. The van der Waals surface area contributed by atoms with Crippen molar-refractivity contribution >= 4 is 27.6 Å². The van der Waals surface area contributed by atoms with Crippen LogP contribution in [0.1, 0.15) is 17.3 Å². The maximum Gasteiger partial charge on any atom is 0.335 e. The zero-order valence-electron chi connectivity index (χ0n) is 9.94. The third kappa shape index (κ3) is 4.02. The Morgan fingerprint density at radius 1 is 1.47 bits per heavy atom. The van der Waals surface area contributed by atoms with Crippen LogP contribution in [0.5, 0.6) is 0 Å². The Balaban J connectivity index is 2.98. The number of likely N-dealkylation sites (N-methyl/N-ethyl adjacent to an activating group) is 1. The Labute approximate surface area is 109 Å². The summed E-state index contributed by atoms with van der Waals surface area (Å²) in [4.78, 5) is 13.0. The Hall–Kier alpha value is -1.07. The standard InChI is InChI=1S/C12H16BrNO3/c1-3-14(4-5-17-2)11-7-9(12(15)16)6-10(13)8-11/h6-8H,3-5H2,1-2H3,(H,15,16). The number of aromatic carboxylic acids is 1. The van der Waals surface area contributed by atoms with Crippen molar-refractivity contribution < 1.29 is 14.6 Å². The van der Waals surface area contributed by atoms with E-state index in [1.54, 1.807) is 19.2 Å². The van der Waals surface area contributed by atoms with Gasteiger partial charge < -0.3 is 14.7 Å². The van der Waals surface area contributed by atoms with Crippen molar-refractivity contribution in [1.29, 1.82) is 0 Å². The van der Waals surface area contributed by atoms with Crippen LogP contribution >= 0.6 is 15.9 Å². The van der Waals surface area contributed by atoms with E-state index < -0.39 is 5.97 Å². The number of hydrogen-bond acceptors (Lipinski definition) is 3. The van der Waals surface area contributed by atoms with Crippen LogP contribution in [0.2, 0.25) is 0 Å². The van der Waals surface area contributed by atoms with Crippen molar-refractivity contribution in [2.75, 3.05) is 31.7 Å². The van der Waals surface area contributed by atoms with Crippen molar-refractivity contribution in [3.63, 3.8) is 0 Å².